The van der Waals surface area contributed by atoms with Crippen LogP contribution in [0.5, 0.6) is 5.75 Å². The Morgan fingerprint density at radius 1 is 1.33 bits per heavy atom. The summed E-state index contributed by atoms with van der Waals surface area (Å²) in [7, 11) is 0. The molecule has 0 aliphatic heterocycles. The summed E-state index contributed by atoms with van der Waals surface area (Å²) in [6.45, 7) is 0. The van der Waals surface area contributed by atoms with E-state index in [1.807, 2.05) is 18.2 Å². The molecule has 0 aromatic heterocycles. The molecule has 1 aliphatic carbocycles. The standard InChI is InChI=1S/C12H13N2O/c13-14-11-8-4-5-9-12(11)15-10-6-2-1-3-7-10/h2,4-6,8-10H,1,3,7H2/q+1. The second-order valence-corrected chi connectivity index (χ2v) is 3.58. The van der Waals surface area contributed by atoms with Crippen molar-refractivity contribution < 1.29 is 4.74 Å². The number of ether oxygens (including phenoxy) is 1. The van der Waals surface area contributed by atoms with Crippen LogP contribution in [0.4, 0.5) is 5.69 Å². The van der Waals surface area contributed by atoms with Gasteiger partial charge in [0.05, 0.1) is 0 Å². The highest BCUT2D eigenvalue weighted by atomic mass is 16.5. The fourth-order valence-corrected chi connectivity index (χ4v) is 1.68. The van der Waals surface area contributed by atoms with Gasteiger partial charge in [-0.15, -0.1) is 0 Å². The van der Waals surface area contributed by atoms with Gasteiger partial charge in [0.25, 0.3) is 0 Å². The van der Waals surface area contributed by atoms with Gasteiger partial charge in [0.2, 0.25) is 11.1 Å². The summed E-state index contributed by atoms with van der Waals surface area (Å²) in [6.07, 6.45) is 7.62. The Kier molecular flexibility index (Phi) is 2.99. The maximum atomic E-state index is 8.77. The minimum absolute atomic E-state index is 0.113. The molecule has 0 radical (unpaired) electrons. The first-order valence-electron chi connectivity index (χ1n) is 5.17. The molecule has 3 heteroatoms. The van der Waals surface area contributed by atoms with E-state index >= 15 is 0 Å². The number of allylic oxidation sites excluding steroid dienone is 1. The van der Waals surface area contributed by atoms with Gasteiger partial charge in [-0.2, -0.15) is 0 Å². The van der Waals surface area contributed by atoms with Gasteiger partial charge >= 0.3 is 5.69 Å². The largest absolute Gasteiger partial charge is 0.478 e. The van der Waals surface area contributed by atoms with Gasteiger partial charge in [0.15, 0.2) is 4.98 Å². The summed E-state index contributed by atoms with van der Waals surface area (Å²) in [6, 6.07) is 7.23. The number of hydrogen-bond acceptors (Lipinski definition) is 2. The molecule has 1 unspecified atom stereocenters. The minimum atomic E-state index is 0.113. The lowest BCUT2D eigenvalue weighted by molar-refractivity contribution is 0.231. The van der Waals surface area contributed by atoms with Crippen molar-refractivity contribution in [2.45, 2.75) is 25.4 Å². The number of rotatable bonds is 2. The maximum absolute atomic E-state index is 8.77. The molecule has 0 fully saturated rings. The summed E-state index contributed by atoms with van der Waals surface area (Å²) in [4.78, 5) is 3.19. The van der Waals surface area contributed by atoms with Gasteiger partial charge in [-0.05, 0) is 31.4 Å². The highest BCUT2D eigenvalue weighted by Gasteiger charge is 2.17. The van der Waals surface area contributed by atoms with Gasteiger partial charge < -0.3 is 4.74 Å². The Morgan fingerprint density at radius 3 is 2.93 bits per heavy atom. The minimum Gasteiger partial charge on any atom is -0.478 e. The molecule has 76 valence electrons. The van der Waals surface area contributed by atoms with Gasteiger partial charge in [-0.3, -0.25) is 0 Å². The van der Waals surface area contributed by atoms with Gasteiger partial charge in [0.1, 0.15) is 6.10 Å². The molecule has 1 aliphatic rings. The Labute approximate surface area is 89.0 Å². The van der Waals surface area contributed by atoms with Crippen molar-refractivity contribution in [1.82, 2.24) is 0 Å². The Balaban J connectivity index is 2.13. The van der Waals surface area contributed by atoms with E-state index < -0.39 is 0 Å². The lowest BCUT2D eigenvalue weighted by atomic mass is 10.1. The predicted molar refractivity (Wildman–Crippen MR) is 58.6 cm³/mol. The SMILES string of the molecule is N#[N+]c1ccccc1OC1C=CCCC1. The average molecular weight is 201 g/mol. The first-order chi connectivity index (χ1) is 7.40. The van der Waals surface area contributed by atoms with E-state index in [0.29, 0.717) is 11.4 Å². The zero-order valence-electron chi connectivity index (χ0n) is 8.47. The van der Waals surface area contributed by atoms with Gasteiger partial charge in [-0.25, -0.2) is 0 Å². The molecule has 2 rings (SSSR count). The van der Waals surface area contributed by atoms with Crippen molar-refractivity contribution in [3.05, 3.63) is 41.4 Å². The molecule has 0 saturated carbocycles. The van der Waals surface area contributed by atoms with Crippen LogP contribution < -0.4 is 4.74 Å². The first kappa shape index (κ1) is 9.72. The molecule has 1 aromatic carbocycles. The zero-order chi connectivity index (χ0) is 10.5. The van der Waals surface area contributed by atoms with E-state index in [-0.39, 0.29) is 6.10 Å². The smallest absolute Gasteiger partial charge is 0.426 e. The Hall–Kier alpha value is -1.82. The molecule has 1 aromatic rings. The van der Waals surface area contributed by atoms with E-state index in [1.165, 1.54) is 0 Å². The molecule has 0 N–H and O–H groups in total. The topological polar surface area (TPSA) is 37.4 Å². The monoisotopic (exact) mass is 201 g/mol. The van der Waals surface area contributed by atoms with Gasteiger partial charge in [-0.1, -0.05) is 18.2 Å². The molecule has 0 bridgehead atoms. The van der Waals surface area contributed by atoms with Crippen molar-refractivity contribution in [2.75, 3.05) is 0 Å². The summed E-state index contributed by atoms with van der Waals surface area (Å²) in [5, 5.41) is 8.77. The van der Waals surface area contributed by atoms with Crippen LogP contribution in [-0.2, 0) is 0 Å². The number of hydrogen-bond donors (Lipinski definition) is 0. The van der Waals surface area contributed by atoms with Gasteiger partial charge in [0, 0.05) is 6.07 Å². The zero-order valence-corrected chi connectivity index (χ0v) is 8.47. The van der Waals surface area contributed by atoms with E-state index in [0.717, 1.165) is 19.3 Å². The Morgan fingerprint density at radius 2 is 2.20 bits per heavy atom. The van der Waals surface area contributed by atoms with Crippen LogP contribution in [-0.4, -0.2) is 6.10 Å². The molecule has 15 heavy (non-hydrogen) atoms. The van der Waals surface area contributed by atoms with E-state index in [1.54, 1.807) is 6.07 Å². The summed E-state index contributed by atoms with van der Waals surface area (Å²) >= 11 is 0. The number of benzene rings is 1. The second kappa shape index (κ2) is 4.61. The highest BCUT2D eigenvalue weighted by Crippen LogP contribution is 2.29. The number of diazo groups is 1. The van der Waals surface area contributed by atoms with Crippen LogP contribution >= 0.6 is 0 Å². The van der Waals surface area contributed by atoms with Crippen LogP contribution in [0.25, 0.3) is 4.98 Å². The number of para-hydroxylation sites is 1. The Bertz CT molecular complexity index is 406. The fraction of sp³-hybridized carbons (Fsp3) is 0.333. The van der Waals surface area contributed by atoms with Crippen molar-refractivity contribution in [3.63, 3.8) is 0 Å². The third-order valence-electron chi connectivity index (χ3n) is 2.46. The van der Waals surface area contributed by atoms with E-state index in [9.17, 15) is 0 Å². The molecular formula is C12H13N2O+. The van der Waals surface area contributed by atoms with E-state index in [4.69, 9.17) is 10.1 Å². The third kappa shape index (κ3) is 2.35. The average Bonchev–Trinajstić information content (AvgIpc) is 2.31. The van der Waals surface area contributed by atoms with Crippen molar-refractivity contribution >= 4 is 5.69 Å². The molecule has 0 saturated heterocycles. The molecule has 0 spiro atoms. The maximum Gasteiger partial charge on any atom is 0.426 e. The van der Waals surface area contributed by atoms with E-state index in [2.05, 4.69) is 17.1 Å². The highest BCUT2D eigenvalue weighted by molar-refractivity contribution is 5.56. The van der Waals surface area contributed by atoms with Crippen LogP contribution in [0.3, 0.4) is 0 Å². The summed E-state index contributed by atoms with van der Waals surface area (Å²) < 4.78 is 5.74. The third-order valence-corrected chi connectivity index (χ3v) is 2.46. The first-order valence-corrected chi connectivity index (χ1v) is 5.17. The second-order valence-electron chi connectivity index (χ2n) is 3.58. The summed E-state index contributed by atoms with van der Waals surface area (Å²) in [5.41, 5.74) is 0.483. The van der Waals surface area contributed by atoms with Crippen LogP contribution in [0.1, 0.15) is 19.3 Å². The molecular weight excluding hydrogens is 188 g/mol. The van der Waals surface area contributed by atoms with Crippen LogP contribution in [0.15, 0.2) is 36.4 Å². The van der Waals surface area contributed by atoms with Crippen molar-refractivity contribution in [3.8, 4) is 5.75 Å². The molecule has 1 atom stereocenters. The van der Waals surface area contributed by atoms with Crippen LogP contribution in [0, 0.1) is 5.39 Å². The fourth-order valence-electron chi connectivity index (χ4n) is 1.68. The quantitative estimate of drug-likeness (QED) is 0.541. The van der Waals surface area contributed by atoms with Crippen molar-refractivity contribution in [2.24, 2.45) is 0 Å². The number of nitrogens with zero attached hydrogens (tertiary/aromatic N) is 2. The normalized spacial score (nSPS) is 19.5. The lowest BCUT2D eigenvalue weighted by Crippen LogP contribution is -2.15. The lowest BCUT2D eigenvalue weighted by Gasteiger charge is -2.16. The molecule has 3 nitrogen and oxygen atoms in total. The molecule has 0 heterocycles. The van der Waals surface area contributed by atoms with Crippen molar-refractivity contribution in [1.29, 1.82) is 5.39 Å². The molecule has 0 amide bonds. The van der Waals surface area contributed by atoms with Crippen LogP contribution in [0.2, 0.25) is 0 Å². The summed E-state index contributed by atoms with van der Waals surface area (Å²) in [5.74, 6) is 0.636. The predicted octanol–water partition coefficient (Wildman–Crippen LogP) is 3.66.